The van der Waals surface area contributed by atoms with Crippen LogP contribution in [0.15, 0.2) is 0 Å². The van der Waals surface area contributed by atoms with Crippen molar-refractivity contribution in [1.29, 1.82) is 0 Å². The summed E-state index contributed by atoms with van der Waals surface area (Å²) in [4.78, 5) is 13.5. The molecule has 3 aliphatic rings. The fourth-order valence-electron chi connectivity index (χ4n) is 3.21. The first kappa shape index (κ1) is 10.4. The molecule has 2 saturated heterocycles. The average molecular weight is 225 g/mol. The molecule has 0 aromatic carbocycles. The van der Waals surface area contributed by atoms with Crippen LogP contribution in [-0.4, -0.2) is 48.3 Å². The minimum absolute atomic E-state index is 0.0608. The third-order valence-electron chi connectivity index (χ3n) is 4.06. The van der Waals surface area contributed by atoms with Gasteiger partial charge in [0, 0.05) is 25.2 Å². The van der Waals surface area contributed by atoms with Crippen LogP contribution in [0, 0.1) is 0 Å². The number of nitrogens with one attached hydrogen (secondary N) is 1. The van der Waals surface area contributed by atoms with Crippen molar-refractivity contribution in [2.75, 3.05) is 13.1 Å². The lowest BCUT2D eigenvalue weighted by molar-refractivity contribution is 0.113. The van der Waals surface area contributed by atoms with E-state index in [0.717, 1.165) is 25.9 Å². The Balaban J connectivity index is 1.60. The van der Waals surface area contributed by atoms with E-state index in [4.69, 9.17) is 10.5 Å². The summed E-state index contributed by atoms with van der Waals surface area (Å²) in [6.07, 6.45) is 4.52. The zero-order valence-electron chi connectivity index (χ0n) is 9.39. The van der Waals surface area contributed by atoms with Crippen LogP contribution in [0.3, 0.4) is 0 Å². The molecule has 0 spiro atoms. The van der Waals surface area contributed by atoms with Crippen molar-refractivity contribution in [1.82, 2.24) is 10.2 Å². The molecule has 0 radical (unpaired) electrons. The van der Waals surface area contributed by atoms with Crippen LogP contribution in [0.1, 0.15) is 25.7 Å². The topological polar surface area (TPSA) is 67.6 Å². The molecule has 3 fully saturated rings. The van der Waals surface area contributed by atoms with Crippen molar-refractivity contribution in [2.24, 2.45) is 5.73 Å². The van der Waals surface area contributed by atoms with Crippen molar-refractivity contribution in [3.63, 3.8) is 0 Å². The molecule has 5 nitrogen and oxygen atoms in total. The van der Waals surface area contributed by atoms with Gasteiger partial charge in [0.25, 0.3) is 0 Å². The Hall–Kier alpha value is -0.810. The number of nitrogens with two attached hydrogens (primary N) is 1. The van der Waals surface area contributed by atoms with Gasteiger partial charge < -0.3 is 15.8 Å². The summed E-state index contributed by atoms with van der Waals surface area (Å²) in [5.74, 6) is 0. The lowest BCUT2D eigenvalue weighted by Gasteiger charge is -2.34. The van der Waals surface area contributed by atoms with Gasteiger partial charge in [-0.1, -0.05) is 6.42 Å². The molecule has 3 N–H and O–H groups in total. The minimum Gasteiger partial charge on any atom is -0.443 e. The van der Waals surface area contributed by atoms with Crippen LogP contribution >= 0.6 is 0 Å². The minimum atomic E-state index is -0.255. The van der Waals surface area contributed by atoms with Crippen LogP contribution in [-0.2, 0) is 4.74 Å². The number of carbonyl (C=O) groups excluding carboxylic acids is 1. The lowest BCUT2D eigenvalue weighted by atomic mass is 9.91. The Labute approximate surface area is 95.3 Å². The number of alkyl carbamates (subject to hydrolysis) is 1. The van der Waals surface area contributed by atoms with Gasteiger partial charge in [-0.3, -0.25) is 4.90 Å². The largest absolute Gasteiger partial charge is 0.443 e. The summed E-state index contributed by atoms with van der Waals surface area (Å²) < 4.78 is 5.21. The van der Waals surface area contributed by atoms with E-state index in [9.17, 15) is 4.79 Å². The van der Waals surface area contributed by atoms with Crippen LogP contribution in [0.4, 0.5) is 4.79 Å². The molecule has 1 aliphatic carbocycles. The molecule has 90 valence electrons. The first-order valence-electron chi connectivity index (χ1n) is 6.19. The van der Waals surface area contributed by atoms with E-state index in [-0.39, 0.29) is 18.2 Å². The molecule has 4 atom stereocenters. The maximum atomic E-state index is 11.0. The number of amides is 1. The molecular formula is C11H19N3O2. The third-order valence-corrected chi connectivity index (χ3v) is 4.06. The van der Waals surface area contributed by atoms with Gasteiger partial charge in [0.15, 0.2) is 0 Å². The Bertz CT molecular complexity index is 281. The van der Waals surface area contributed by atoms with Crippen LogP contribution < -0.4 is 11.1 Å². The predicted octanol–water partition coefficient (Wildman–Crippen LogP) is 0.0489. The number of hydrogen-bond donors (Lipinski definition) is 2. The summed E-state index contributed by atoms with van der Waals surface area (Å²) in [6.45, 7) is 1.80. The summed E-state index contributed by atoms with van der Waals surface area (Å²) in [5.41, 5.74) is 6.00. The summed E-state index contributed by atoms with van der Waals surface area (Å²) >= 11 is 0. The van der Waals surface area contributed by atoms with Crippen molar-refractivity contribution in [3.8, 4) is 0 Å². The molecule has 3 rings (SSSR count). The van der Waals surface area contributed by atoms with Gasteiger partial charge in [-0.2, -0.15) is 0 Å². The molecule has 0 aromatic heterocycles. The van der Waals surface area contributed by atoms with Crippen LogP contribution in [0.5, 0.6) is 0 Å². The van der Waals surface area contributed by atoms with Crippen molar-refractivity contribution < 1.29 is 9.53 Å². The highest BCUT2D eigenvalue weighted by Gasteiger charge is 2.44. The second-order valence-electron chi connectivity index (χ2n) is 5.23. The number of fused-ring (bicyclic) bond motifs is 1. The number of hydrogen-bond acceptors (Lipinski definition) is 4. The average Bonchev–Trinajstić information content (AvgIpc) is 2.74. The number of likely N-dealkylation sites (tertiary alicyclic amines) is 1. The molecule has 3 unspecified atom stereocenters. The van der Waals surface area contributed by atoms with Crippen LogP contribution in [0.25, 0.3) is 0 Å². The third kappa shape index (κ3) is 1.78. The van der Waals surface area contributed by atoms with Crippen molar-refractivity contribution in [3.05, 3.63) is 0 Å². The first-order chi connectivity index (χ1) is 7.72. The van der Waals surface area contributed by atoms with Gasteiger partial charge in [-0.25, -0.2) is 4.79 Å². The standard InChI is InChI=1S/C11H19N3O2/c12-7-2-1-3-8(4-7)14-5-9-10(6-14)16-11(15)13-9/h7-10H,1-6,12H2,(H,13,15)/t7-,8?,9?,10?/m1/s1. The smallest absolute Gasteiger partial charge is 0.407 e. The van der Waals surface area contributed by atoms with Crippen molar-refractivity contribution >= 4 is 6.09 Å². The number of rotatable bonds is 1. The normalized spacial score (nSPS) is 43.9. The molecule has 0 bridgehead atoms. The fraction of sp³-hybridized carbons (Fsp3) is 0.909. The predicted molar refractivity (Wildman–Crippen MR) is 59.0 cm³/mol. The van der Waals surface area contributed by atoms with E-state index >= 15 is 0 Å². The van der Waals surface area contributed by atoms with Gasteiger partial charge >= 0.3 is 6.09 Å². The number of nitrogens with zero attached hydrogens (tertiary/aromatic N) is 1. The molecule has 1 saturated carbocycles. The Kier molecular flexibility index (Phi) is 2.52. The summed E-state index contributed by atoms with van der Waals surface area (Å²) in [5, 5.41) is 2.86. The lowest BCUT2D eigenvalue weighted by Crippen LogP contribution is -2.43. The quantitative estimate of drug-likeness (QED) is 0.661. The molecule has 1 amide bonds. The SMILES string of the molecule is N[C@@H]1CCCC(N2CC3NC(=O)OC3C2)C1. The molecule has 2 heterocycles. The second kappa shape index (κ2) is 3.89. The highest BCUT2D eigenvalue weighted by molar-refractivity contribution is 5.70. The van der Waals surface area contributed by atoms with Crippen molar-refractivity contribution in [2.45, 2.75) is 49.9 Å². The Morgan fingerprint density at radius 2 is 2.25 bits per heavy atom. The maximum absolute atomic E-state index is 11.0. The molecule has 2 aliphatic heterocycles. The Morgan fingerprint density at radius 1 is 1.38 bits per heavy atom. The number of carbonyl (C=O) groups is 1. The second-order valence-corrected chi connectivity index (χ2v) is 5.23. The fourth-order valence-corrected chi connectivity index (χ4v) is 3.21. The van der Waals surface area contributed by atoms with Gasteiger partial charge in [-0.15, -0.1) is 0 Å². The van der Waals surface area contributed by atoms with Gasteiger partial charge in [0.05, 0.1) is 6.04 Å². The van der Waals surface area contributed by atoms with E-state index < -0.39 is 0 Å². The van der Waals surface area contributed by atoms with E-state index in [1.807, 2.05) is 0 Å². The molecular weight excluding hydrogens is 206 g/mol. The highest BCUT2D eigenvalue weighted by atomic mass is 16.6. The zero-order valence-corrected chi connectivity index (χ0v) is 9.39. The molecule has 0 aromatic rings. The monoisotopic (exact) mass is 225 g/mol. The van der Waals surface area contributed by atoms with E-state index in [2.05, 4.69) is 10.2 Å². The van der Waals surface area contributed by atoms with Gasteiger partial charge in [-0.05, 0) is 19.3 Å². The molecule has 16 heavy (non-hydrogen) atoms. The van der Waals surface area contributed by atoms with Gasteiger partial charge in [0.2, 0.25) is 0 Å². The van der Waals surface area contributed by atoms with Crippen LogP contribution in [0.2, 0.25) is 0 Å². The number of ether oxygens (including phenoxy) is 1. The molecule has 5 heteroatoms. The maximum Gasteiger partial charge on any atom is 0.407 e. The van der Waals surface area contributed by atoms with E-state index in [0.29, 0.717) is 12.1 Å². The highest BCUT2D eigenvalue weighted by Crippen LogP contribution is 2.27. The Morgan fingerprint density at radius 3 is 3.00 bits per heavy atom. The van der Waals surface area contributed by atoms with Gasteiger partial charge in [0.1, 0.15) is 6.10 Å². The first-order valence-corrected chi connectivity index (χ1v) is 6.19. The zero-order chi connectivity index (χ0) is 11.1. The van der Waals surface area contributed by atoms with E-state index in [1.54, 1.807) is 0 Å². The summed E-state index contributed by atoms with van der Waals surface area (Å²) in [7, 11) is 0. The summed E-state index contributed by atoms with van der Waals surface area (Å²) in [6, 6.07) is 1.15. The van der Waals surface area contributed by atoms with E-state index in [1.165, 1.54) is 12.8 Å².